The molecular formula is C18H25N3O2. The molecule has 4 bridgehead atoms. The number of rotatable bonds is 2. The summed E-state index contributed by atoms with van der Waals surface area (Å²) in [6.45, 7) is 0. The van der Waals surface area contributed by atoms with Gasteiger partial charge in [0.15, 0.2) is 0 Å². The summed E-state index contributed by atoms with van der Waals surface area (Å²) in [7, 11) is 0. The number of hydrogen-bond donors (Lipinski definition) is 2. The van der Waals surface area contributed by atoms with Crippen molar-refractivity contribution < 1.29 is 34.6 Å². The van der Waals surface area contributed by atoms with E-state index >= 15 is 0 Å². The summed E-state index contributed by atoms with van der Waals surface area (Å²) in [5.74, 6) is -12.8. The van der Waals surface area contributed by atoms with E-state index in [1.165, 1.54) is 6.07 Å². The van der Waals surface area contributed by atoms with Crippen LogP contribution in [0.3, 0.4) is 0 Å². The number of nitrogens with two attached hydrogens (primary N) is 1. The van der Waals surface area contributed by atoms with Crippen LogP contribution in [0.4, 0.5) is 0 Å². The van der Waals surface area contributed by atoms with E-state index in [0.29, 0.717) is 0 Å². The van der Waals surface area contributed by atoms with Crippen LogP contribution >= 0.6 is 0 Å². The summed E-state index contributed by atoms with van der Waals surface area (Å²) in [5, 5.41) is 21.4. The van der Waals surface area contributed by atoms with Crippen molar-refractivity contribution in [3.8, 4) is 6.07 Å². The number of fused-ring (bicyclic) bond motifs is 1. The zero-order valence-electron chi connectivity index (χ0n) is 29.7. The first-order valence-electron chi connectivity index (χ1n) is 16.1. The number of amides is 1. The summed E-state index contributed by atoms with van der Waals surface area (Å²) >= 11 is 0. The molecule has 23 heavy (non-hydrogen) atoms. The van der Waals surface area contributed by atoms with Gasteiger partial charge in [-0.25, -0.2) is 0 Å². The first kappa shape index (κ1) is 4.95. The molecule has 5 aliphatic carbocycles. The fourth-order valence-corrected chi connectivity index (χ4v) is 3.33. The largest absolute Gasteiger partial charge is 0.390 e. The van der Waals surface area contributed by atoms with Gasteiger partial charge in [0.05, 0.1) is 19.1 Å². The van der Waals surface area contributed by atoms with E-state index in [9.17, 15) is 15.2 Å². The number of carbonyl (C=O) groups excluding carboxylic acids is 1. The maximum Gasteiger partial charge on any atom is 0.241 e. The minimum Gasteiger partial charge on any atom is -0.390 e. The number of piperidine rings is 1. The van der Waals surface area contributed by atoms with Gasteiger partial charge < -0.3 is 15.7 Å². The van der Waals surface area contributed by atoms with Gasteiger partial charge in [0.25, 0.3) is 0 Å². The highest BCUT2D eigenvalue weighted by Crippen LogP contribution is 2.63. The van der Waals surface area contributed by atoms with Gasteiger partial charge in [-0.05, 0) is 74.1 Å². The number of likely N-dealkylation sites (tertiary alicyclic amines) is 1. The normalized spacial score (nSPS) is 93.4. The van der Waals surface area contributed by atoms with Crippen LogP contribution < -0.4 is 5.73 Å². The molecule has 0 radical (unpaired) electrons. The number of carbonyl (C=O) groups is 1. The van der Waals surface area contributed by atoms with Crippen molar-refractivity contribution in [3.05, 3.63) is 0 Å². The van der Waals surface area contributed by atoms with Gasteiger partial charge in [-0.3, -0.25) is 4.79 Å². The van der Waals surface area contributed by atoms with Crippen LogP contribution in [0.25, 0.3) is 0 Å². The van der Waals surface area contributed by atoms with Gasteiger partial charge >= 0.3 is 0 Å². The topological polar surface area (TPSA) is 90.3 Å². The number of aliphatic hydroxyl groups is 1. The number of hydrogen-bond acceptors (Lipinski definition) is 4. The quantitative estimate of drug-likeness (QED) is 0.793. The molecule has 5 heteroatoms. The van der Waals surface area contributed by atoms with Crippen molar-refractivity contribution >= 4 is 5.91 Å². The number of nitriles is 1. The fourth-order valence-electron chi connectivity index (χ4n) is 3.33. The van der Waals surface area contributed by atoms with E-state index in [0.717, 1.165) is 0 Å². The van der Waals surface area contributed by atoms with E-state index in [4.69, 9.17) is 30.4 Å². The van der Waals surface area contributed by atoms with Crippen LogP contribution in [0.5, 0.6) is 0 Å². The molecule has 124 valence electrons. The third-order valence-corrected chi connectivity index (χ3v) is 4.40. The molecule has 0 aromatic carbocycles. The van der Waals surface area contributed by atoms with Crippen LogP contribution in [-0.2, 0) is 4.79 Å². The van der Waals surface area contributed by atoms with Gasteiger partial charge in [-0.2, -0.15) is 5.26 Å². The Hall–Kier alpha value is -1.12. The summed E-state index contributed by atoms with van der Waals surface area (Å²) in [4.78, 5) is 14.2. The standard InChI is InChI=1S/C18H25N3O2/c19-8-13-2-12-3-14(12)21(13)16(22)15(20)17-4-10-1-11(5-17)7-18(23,6-10)9-17/h10-15,23H,1-7,9,20H2/t10?,11?,12-,13+,14+,15-,17?,18?/m1/s1/i1D2,2D2,4D2,5D2,6D2,7D2,9D2,10D,11D,12D,14D. The Morgan fingerprint density at radius 3 is 2.74 bits per heavy atom. The molecule has 1 amide bonds. The summed E-state index contributed by atoms with van der Waals surface area (Å²) in [6.07, 6.45) is -29.2. The third kappa shape index (κ3) is 1.88. The molecular weight excluding hydrogens is 290 g/mol. The highest BCUT2D eigenvalue weighted by atomic mass is 16.3. The lowest BCUT2D eigenvalue weighted by atomic mass is 9.46. The molecule has 0 aromatic rings. The maximum absolute atomic E-state index is 14.1. The average molecular weight is 334 g/mol. The zero-order valence-corrected chi connectivity index (χ0v) is 11.7. The molecule has 6 atom stereocenters. The monoisotopic (exact) mass is 333 g/mol. The zero-order chi connectivity index (χ0) is 32.2. The van der Waals surface area contributed by atoms with Crippen LogP contribution in [0, 0.1) is 34.4 Å². The van der Waals surface area contributed by atoms with Crippen molar-refractivity contribution in [2.75, 3.05) is 0 Å². The molecule has 3 N–H and O–H groups in total. The van der Waals surface area contributed by atoms with Crippen LogP contribution in [0.2, 0.25) is 0 Å². The van der Waals surface area contributed by atoms with Crippen LogP contribution in [-0.4, -0.2) is 39.6 Å². The van der Waals surface area contributed by atoms with Gasteiger partial charge in [0.1, 0.15) is 6.04 Å². The van der Waals surface area contributed by atoms with E-state index in [1.807, 2.05) is 0 Å². The van der Waals surface area contributed by atoms with Crippen molar-refractivity contribution in [3.63, 3.8) is 0 Å². The van der Waals surface area contributed by atoms with Gasteiger partial charge in [0, 0.05) is 29.3 Å². The third-order valence-electron chi connectivity index (χ3n) is 4.40. The highest BCUT2D eigenvalue weighted by Gasteiger charge is 2.62. The lowest BCUT2D eigenvalue weighted by molar-refractivity contribution is -0.177. The lowest BCUT2D eigenvalue weighted by Gasteiger charge is -2.61. The second-order valence-corrected chi connectivity index (χ2v) is 5.98. The van der Waals surface area contributed by atoms with Gasteiger partial charge in [0.2, 0.25) is 5.91 Å². The molecule has 5 nitrogen and oxygen atoms in total. The fraction of sp³-hybridized carbons (Fsp3) is 0.889. The number of nitrogens with zero attached hydrogens (tertiary/aromatic N) is 2. The van der Waals surface area contributed by atoms with E-state index in [-0.39, 0.29) is 4.90 Å². The molecule has 1 saturated heterocycles. The lowest BCUT2D eigenvalue weighted by Crippen LogP contribution is -2.64. The van der Waals surface area contributed by atoms with Crippen molar-refractivity contribution in [1.29, 1.82) is 5.26 Å². The Kier molecular flexibility index (Phi) is 0.923. The molecule has 1 aliphatic heterocycles. The first-order chi connectivity index (χ1) is 17.8. The second kappa shape index (κ2) is 4.29. The maximum atomic E-state index is 14.1. The SMILES string of the molecule is [2H]C1([2H])C2([2H])C([2H])([2H])C3(O)C([2H])([2H])C1([2H])C([2H])([2H])C([C@H](N)C(=O)N1[C@H](C#N)C([2H])([2H])[C@]4([2H])C[C@]14[2H])(C2([2H])[2H])C3([2H])[2H]. The first-order valence-corrected chi connectivity index (χ1v) is 7.05. The van der Waals surface area contributed by atoms with Crippen molar-refractivity contribution in [2.45, 2.75) is 74.7 Å². The summed E-state index contributed by atoms with van der Waals surface area (Å²) in [5.41, 5.74) is -2.45. The molecule has 1 heterocycles. The molecule has 2 unspecified atom stereocenters. The predicted molar refractivity (Wildman–Crippen MR) is 82.8 cm³/mol. The Morgan fingerprint density at radius 1 is 1.39 bits per heavy atom. The Labute approximate surface area is 162 Å². The van der Waals surface area contributed by atoms with Crippen LogP contribution in [0.1, 0.15) is 75.7 Å². The van der Waals surface area contributed by atoms with Crippen molar-refractivity contribution in [2.24, 2.45) is 28.8 Å². The molecule has 0 aromatic heterocycles. The predicted octanol–water partition coefficient (Wildman–Crippen LogP) is 1.16. The second-order valence-electron chi connectivity index (χ2n) is 5.98. The Morgan fingerprint density at radius 2 is 2.09 bits per heavy atom. The summed E-state index contributed by atoms with van der Waals surface area (Å²) in [6, 6.07) is -6.56. The molecule has 6 aliphatic rings. The molecule has 6 rings (SSSR count). The Balaban J connectivity index is 1.90. The Bertz CT molecular complexity index is 1230. The van der Waals surface area contributed by atoms with E-state index in [2.05, 4.69) is 0 Å². The van der Waals surface area contributed by atoms with Crippen LogP contribution in [0.15, 0.2) is 0 Å². The van der Waals surface area contributed by atoms with E-state index < -0.39 is 104 Å². The molecule has 5 saturated carbocycles. The minimum absolute atomic E-state index is 0.112. The van der Waals surface area contributed by atoms with Gasteiger partial charge in [-0.15, -0.1) is 0 Å². The molecule has 0 spiro atoms. The molecule has 6 fully saturated rings. The van der Waals surface area contributed by atoms with Crippen molar-refractivity contribution in [1.82, 2.24) is 4.90 Å². The summed E-state index contributed by atoms with van der Waals surface area (Å²) < 4.78 is 155. The smallest absolute Gasteiger partial charge is 0.241 e. The average Bonchev–Trinajstić information content (AvgIpc) is 3.35. The van der Waals surface area contributed by atoms with Gasteiger partial charge in [-0.1, -0.05) is 0 Å². The van der Waals surface area contributed by atoms with E-state index in [1.54, 1.807) is 0 Å². The highest BCUT2D eigenvalue weighted by molar-refractivity contribution is 5.84. The minimum atomic E-state index is -4.40.